The van der Waals surface area contributed by atoms with Gasteiger partial charge in [0.05, 0.1) is 6.10 Å². The van der Waals surface area contributed by atoms with Crippen molar-refractivity contribution < 1.29 is 14.6 Å². The highest BCUT2D eigenvalue weighted by Gasteiger charge is 2.14. The lowest BCUT2D eigenvalue weighted by Crippen LogP contribution is -2.24. The zero-order valence-corrected chi connectivity index (χ0v) is 10.4. The Hall–Kier alpha value is -1.30. The summed E-state index contributed by atoms with van der Waals surface area (Å²) in [6.45, 7) is 3.13. The lowest BCUT2D eigenvalue weighted by atomic mass is 10.1. The van der Waals surface area contributed by atoms with Gasteiger partial charge in [0.25, 0.3) is 0 Å². The van der Waals surface area contributed by atoms with Gasteiger partial charge in [0.1, 0.15) is 13.2 Å². The molecule has 0 aromatic heterocycles. The predicted molar refractivity (Wildman–Crippen MR) is 68.9 cm³/mol. The summed E-state index contributed by atoms with van der Waals surface area (Å²) >= 11 is 0. The van der Waals surface area contributed by atoms with Gasteiger partial charge in [0, 0.05) is 6.54 Å². The first-order chi connectivity index (χ1) is 8.81. The fraction of sp³-hybridized carbons (Fsp3) is 0.538. The number of nitrogens with two attached hydrogens (primary N) is 1. The van der Waals surface area contributed by atoms with Crippen molar-refractivity contribution in [2.45, 2.75) is 12.5 Å². The average Bonchev–Trinajstić information content (AvgIpc) is 2.43. The van der Waals surface area contributed by atoms with Crippen molar-refractivity contribution in [2.24, 2.45) is 5.73 Å². The van der Waals surface area contributed by atoms with Gasteiger partial charge < -0.3 is 25.6 Å². The van der Waals surface area contributed by atoms with Gasteiger partial charge in [-0.25, -0.2) is 0 Å². The largest absolute Gasteiger partial charge is 0.486 e. The molecular formula is C13H20N2O3. The molecule has 0 fully saturated rings. The second-order valence-corrected chi connectivity index (χ2v) is 4.27. The number of fused-ring (bicyclic) bond motifs is 1. The summed E-state index contributed by atoms with van der Waals surface area (Å²) in [5.74, 6) is 1.45. The molecule has 0 saturated heterocycles. The number of ether oxygens (including phenoxy) is 2. The summed E-state index contributed by atoms with van der Waals surface area (Å²) in [5.41, 5.74) is 6.23. The van der Waals surface area contributed by atoms with Crippen LogP contribution < -0.4 is 20.5 Å². The van der Waals surface area contributed by atoms with Crippen LogP contribution in [-0.2, 0) is 0 Å². The van der Waals surface area contributed by atoms with Crippen LogP contribution in [0.5, 0.6) is 11.5 Å². The Labute approximate surface area is 107 Å². The topological polar surface area (TPSA) is 76.7 Å². The molecule has 1 unspecified atom stereocenters. The monoisotopic (exact) mass is 252 g/mol. The normalized spacial score (nSPS) is 15.4. The van der Waals surface area contributed by atoms with Crippen molar-refractivity contribution in [3.63, 3.8) is 0 Å². The molecule has 0 radical (unpaired) electrons. The standard InChI is InChI=1S/C13H20N2O3/c14-4-1-5-15-9-11(16)10-2-3-12-13(8-10)18-7-6-17-12/h2-3,8,11,15-16H,1,4-7,9,14H2. The molecule has 1 aliphatic rings. The van der Waals surface area contributed by atoms with Crippen molar-refractivity contribution in [3.05, 3.63) is 23.8 Å². The van der Waals surface area contributed by atoms with Gasteiger partial charge in [-0.1, -0.05) is 6.07 Å². The third kappa shape index (κ3) is 3.35. The highest BCUT2D eigenvalue weighted by Crippen LogP contribution is 2.32. The maximum absolute atomic E-state index is 10.0. The number of nitrogens with one attached hydrogen (secondary N) is 1. The fourth-order valence-corrected chi connectivity index (χ4v) is 1.85. The van der Waals surface area contributed by atoms with Crippen LogP contribution in [0.2, 0.25) is 0 Å². The molecule has 1 aliphatic heterocycles. The van der Waals surface area contributed by atoms with Gasteiger partial charge in [0.2, 0.25) is 0 Å². The van der Waals surface area contributed by atoms with E-state index in [-0.39, 0.29) is 0 Å². The lowest BCUT2D eigenvalue weighted by Gasteiger charge is -2.20. The smallest absolute Gasteiger partial charge is 0.161 e. The van der Waals surface area contributed by atoms with E-state index in [0.717, 1.165) is 24.3 Å². The molecule has 4 N–H and O–H groups in total. The summed E-state index contributed by atoms with van der Waals surface area (Å²) in [4.78, 5) is 0. The molecule has 1 aromatic carbocycles. The lowest BCUT2D eigenvalue weighted by molar-refractivity contribution is 0.163. The zero-order chi connectivity index (χ0) is 12.8. The van der Waals surface area contributed by atoms with E-state index in [9.17, 15) is 5.11 Å². The van der Waals surface area contributed by atoms with E-state index in [1.54, 1.807) is 0 Å². The van der Waals surface area contributed by atoms with Crippen LogP contribution in [-0.4, -0.2) is 38.0 Å². The number of benzene rings is 1. The molecule has 2 rings (SSSR count). The third-order valence-electron chi connectivity index (χ3n) is 2.85. The molecule has 0 spiro atoms. The van der Waals surface area contributed by atoms with Crippen molar-refractivity contribution in [1.29, 1.82) is 0 Å². The number of hydrogen-bond donors (Lipinski definition) is 3. The van der Waals surface area contributed by atoms with Crippen molar-refractivity contribution in [2.75, 3.05) is 32.8 Å². The Kier molecular flexibility index (Phi) is 4.81. The molecule has 0 amide bonds. The molecular weight excluding hydrogens is 232 g/mol. The van der Waals surface area contributed by atoms with Gasteiger partial charge in [-0.3, -0.25) is 0 Å². The number of hydrogen-bond acceptors (Lipinski definition) is 5. The van der Waals surface area contributed by atoms with E-state index in [1.807, 2.05) is 18.2 Å². The van der Waals surface area contributed by atoms with E-state index >= 15 is 0 Å². The van der Waals surface area contributed by atoms with Crippen LogP contribution in [0.4, 0.5) is 0 Å². The molecule has 5 heteroatoms. The van der Waals surface area contributed by atoms with Crippen LogP contribution in [0.25, 0.3) is 0 Å². The predicted octanol–water partition coefficient (Wildman–Crippen LogP) is 0.430. The van der Waals surface area contributed by atoms with Gasteiger partial charge in [0.15, 0.2) is 11.5 Å². The average molecular weight is 252 g/mol. The minimum Gasteiger partial charge on any atom is -0.486 e. The van der Waals surface area contributed by atoms with Crippen LogP contribution >= 0.6 is 0 Å². The van der Waals surface area contributed by atoms with E-state index in [0.29, 0.717) is 32.1 Å². The molecule has 0 saturated carbocycles. The summed E-state index contributed by atoms with van der Waals surface area (Å²) in [6.07, 6.45) is 0.368. The first-order valence-corrected chi connectivity index (χ1v) is 6.29. The van der Waals surface area contributed by atoms with Crippen molar-refractivity contribution in [3.8, 4) is 11.5 Å². The zero-order valence-electron chi connectivity index (χ0n) is 10.4. The summed E-state index contributed by atoms with van der Waals surface area (Å²) in [6, 6.07) is 5.54. The molecule has 5 nitrogen and oxygen atoms in total. The van der Waals surface area contributed by atoms with Crippen LogP contribution in [0.15, 0.2) is 18.2 Å². The summed E-state index contributed by atoms with van der Waals surface area (Å²) < 4.78 is 10.9. The quantitative estimate of drug-likeness (QED) is 0.640. The number of aliphatic hydroxyl groups is 1. The van der Waals surface area contributed by atoms with E-state index in [4.69, 9.17) is 15.2 Å². The van der Waals surface area contributed by atoms with Crippen LogP contribution in [0.3, 0.4) is 0 Å². The molecule has 1 heterocycles. The van der Waals surface area contributed by atoms with E-state index < -0.39 is 6.10 Å². The molecule has 0 aliphatic carbocycles. The second kappa shape index (κ2) is 6.58. The van der Waals surface area contributed by atoms with Gasteiger partial charge >= 0.3 is 0 Å². The number of aliphatic hydroxyl groups excluding tert-OH is 1. The first-order valence-electron chi connectivity index (χ1n) is 6.29. The minimum atomic E-state index is -0.543. The van der Waals surface area contributed by atoms with E-state index in [2.05, 4.69) is 5.32 Å². The van der Waals surface area contributed by atoms with Crippen molar-refractivity contribution in [1.82, 2.24) is 5.32 Å². The van der Waals surface area contributed by atoms with Crippen LogP contribution in [0.1, 0.15) is 18.1 Å². The SMILES string of the molecule is NCCCNCC(O)c1ccc2c(c1)OCCO2. The van der Waals surface area contributed by atoms with Crippen molar-refractivity contribution >= 4 is 0 Å². The summed E-state index contributed by atoms with van der Waals surface area (Å²) in [5, 5.41) is 13.2. The Morgan fingerprint density at radius 1 is 1.28 bits per heavy atom. The summed E-state index contributed by atoms with van der Waals surface area (Å²) in [7, 11) is 0. The minimum absolute atomic E-state index is 0.514. The first kappa shape index (κ1) is 13.1. The fourth-order valence-electron chi connectivity index (χ4n) is 1.85. The maximum atomic E-state index is 10.0. The number of rotatable bonds is 6. The molecule has 1 aromatic rings. The highest BCUT2D eigenvalue weighted by atomic mass is 16.6. The van der Waals surface area contributed by atoms with Gasteiger partial charge in [-0.15, -0.1) is 0 Å². The Balaban J connectivity index is 1.91. The Bertz CT molecular complexity index is 384. The molecule has 100 valence electrons. The Morgan fingerprint density at radius 2 is 2.06 bits per heavy atom. The second-order valence-electron chi connectivity index (χ2n) is 4.27. The molecule has 0 bridgehead atoms. The molecule has 1 atom stereocenters. The maximum Gasteiger partial charge on any atom is 0.161 e. The Morgan fingerprint density at radius 3 is 2.83 bits per heavy atom. The third-order valence-corrected chi connectivity index (χ3v) is 2.85. The van der Waals surface area contributed by atoms with Gasteiger partial charge in [-0.05, 0) is 37.2 Å². The van der Waals surface area contributed by atoms with Crippen LogP contribution in [0, 0.1) is 0 Å². The molecule has 18 heavy (non-hydrogen) atoms. The van der Waals surface area contributed by atoms with E-state index in [1.165, 1.54) is 0 Å². The highest BCUT2D eigenvalue weighted by molar-refractivity contribution is 5.44. The van der Waals surface area contributed by atoms with Gasteiger partial charge in [-0.2, -0.15) is 0 Å².